The number of ether oxygens (including phenoxy) is 1. The van der Waals surface area contributed by atoms with Crippen LogP contribution in [0.25, 0.3) is 0 Å². The van der Waals surface area contributed by atoms with E-state index in [9.17, 15) is 4.79 Å². The first-order valence-electron chi connectivity index (χ1n) is 6.75. The Morgan fingerprint density at radius 3 is 2.65 bits per heavy atom. The van der Waals surface area contributed by atoms with Gasteiger partial charge in [-0.15, -0.1) is 0 Å². The molecule has 100 valence electrons. The van der Waals surface area contributed by atoms with Crippen molar-refractivity contribution in [3.05, 3.63) is 0 Å². The summed E-state index contributed by atoms with van der Waals surface area (Å²) < 4.78 is 5.57. The zero-order valence-electron chi connectivity index (χ0n) is 10.8. The molecule has 1 amide bonds. The van der Waals surface area contributed by atoms with Gasteiger partial charge in [0, 0.05) is 13.2 Å². The second-order valence-electron chi connectivity index (χ2n) is 4.84. The fraction of sp³-hybridized carbons (Fsp3) is 0.923. The van der Waals surface area contributed by atoms with Crippen LogP contribution in [0.15, 0.2) is 0 Å². The van der Waals surface area contributed by atoms with E-state index in [1.54, 1.807) is 0 Å². The molecule has 0 atom stereocenters. The van der Waals surface area contributed by atoms with Crippen molar-refractivity contribution in [2.75, 3.05) is 19.8 Å². The third-order valence-electron chi connectivity index (χ3n) is 3.35. The number of hydrogen-bond acceptors (Lipinski definition) is 3. The van der Waals surface area contributed by atoms with Crippen molar-refractivity contribution < 1.29 is 14.6 Å². The van der Waals surface area contributed by atoms with E-state index in [1.807, 2.05) is 0 Å². The molecule has 0 aliphatic heterocycles. The summed E-state index contributed by atoms with van der Waals surface area (Å²) in [6.07, 6.45) is 6.27. The first-order valence-corrected chi connectivity index (χ1v) is 6.75. The van der Waals surface area contributed by atoms with Crippen molar-refractivity contribution in [2.45, 2.75) is 51.6 Å². The lowest BCUT2D eigenvalue weighted by Crippen LogP contribution is -2.32. The molecule has 4 nitrogen and oxygen atoms in total. The van der Waals surface area contributed by atoms with Crippen LogP contribution < -0.4 is 5.32 Å². The minimum Gasteiger partial charge on any atom is -0.396 e. The highest BCUT2D eigenvalue weighted by molar-refractivity contribution is 5.77. The molecule has 0 bridgehead atoms. The molecule has 0 aromatic carbocycles. The fourth-order valence-electron chi connectivity index (χ4n) is 2.13. The minimum atomic E-state index is -0.0114. The van der Waals surface area contributed by atoms with Gasteiger partial charge in [0.25, 0.3) is 0 Å². The van der Waals surface area contributed by atoms with Gasteiger partial charge >= 0.3 is 0 Å². The first kappa shape index (κ1) is 14.5. The number of amides is 1. The van der Waals surface area contributed by atoms with E-state index >= 15 is 0 Å². The van der Waals surface area contributed by atoms with Gasteiger partial charge in [-0.25, -0.2) is 0 Å². The van der Waals surface area contributed by atoms with Crippen LogP contribution in [0.3, 0.4) is 0 Å². The molecule has 0 heterocycles. The molecule has 2 N–H and O–H groups in total. The lowest BCUT2D eigenvalue weighted by molar-refractivity contribution is -0.128. The smallest absolute Gasteiger partial charge is 0.246 e. The van der Waals surface area contributed by atoms with Gasteiger partial charge < -0.3 is 15.2 Å². The molecule has 1 fully saturated rings. The number of hydrogen-bond donors (Lipinski definition) is 2. The van der Waals surface area contributed by atoms with Crippen LogP contribution in [-0.4, -0.2) is 36.9 Å². The van der Waals surface area contributed by atoms with Crippen molar-refractivity contribution >= 4 is 5.91 Å². The van der Waals surface area contributed by atoms with E-state index in [4.69, 9.17) is 9.84 Å². The molecule has 0 radical (unpaired) electrons. The SMILES string of the molecule is CCCCNC(=O)COC1CCC(CO)CC1. The molecule has 1 aliphatic carbocycles. The molecular weight excluding hydrogens is 218 g/mol. The lowest BCUT2D eigenvalue weighted by atomic mass is 9.88. The summed E-state index contributed by atoms with van der Waals surface area (Å²) in [6, 6.07) is 0. The Bertz CT molecular complexity index is 213. The van der Waals surface area contributed by atoms with Gasteiger partial charge in [0.2, 0.25) is 5.91 Å². The summed E-state index contributed by atoms with van der Waals surface area (Å²) in [6.45, 7) is 3.31. The van der Waals surface area contributed by atoms with Gasteiger partial charge in [-0.05, 0) is 38.0 Å². The highest BCUT2D eigenvalue weighted by atomic mass is 16.5. The van der Waals surface area contributed by atoms with Crippen molar-refractivity contribution in [3.8, 4) is 0 Å². The van der Waals surface area contributed by atoms with Crippen molar-refractivity contribution in [1.29, 1.82) is 0 Å². The Morgan fingerprint density at radius 2 is 2.06 bits per heavy atom. The summed E-state index contributed by atoms with van der Waals surface area (Å²) in [5.74, 6) is 0.427. The van der Waals surface area contributed by atoms with E-state index in [2.05, 4.69) is 12.2 Å². The zero-order chi connectivity index (χ0) is 12.5. The highest BCUT2D eigenvalue weighted by Crippen LogP contribution is 2.25. The van der Waals surface area contributed by atoms with Crippen LogP contribution >= 0.6 is 0 Å². The number of unbranched alkanes of at least 4 members (excludes halogenated alkanes) is 1. The zero-order valence-corrected chi connectivity index (χ0v) is 10.8. The fourth-order valence-corrected chi connectivity index (χ4v) is 2.13. The number of rotatable bonds is 7. The molecule has 1 aliphatic rings. The summed E-state index contributed by atoms with van der Waals surface area (Å²) in [5.41, 5.74) is 0. The molecule has 1 saturated carbocycles. The number of carbonyl (C=O) groups excluding carboxylic acids is 1. The maximum absolute atomic E-state index is 11.4. The van der Waals surface area contributed by atoms with Gasteiger partial charge in [-0.3, -0.25) is 4.79 Å². The Hall–Kier alpha value is -0.610. The van der Waals surface area contributed by atoms with E-state index in [0.717, 1.165) is 45.1 Å². The van der Waals surface area contributed by atoms with Crippen molar-refractivity contribution in [2.24, 2.45) is 5.92 Å². The van der Waals surface area contributed by atoms with Crippen LogP contribution in [0.1, 0.15) is 45.4 Å². The van der Waals surface area contributed by atoms with Gasteiger partial charge in [0.1, 0.15) is 6.61 Å². The average Bonchev–Trinajstić information content (AvgIpc) is 2.37. The standard InChI is InChI=1S/C13H25NO3/c1-2-3-8-14-13(16)10-17-12-6-4-11(9-15)5-7-12/h11-12,15H,2-10H2,1H3,(H,14,16). The largest absolute Gasteiger partial charge is 0.396 e. The predicted octanol–water partition coefficient (Wildman–Crippen LogP) is 1.47. The van der Waals surface area contributed by atoms with Crippen LogP contribution in [0.5, 0.6) is 0 Å². The normalized spacial score (nSPS) is 24.6. The summed E-state index contributed by atoms with van der Waals surface area (Å²) in [4.78, 5) is 11.4. The molecule has 0 unspecified atom stereocenters. The Labute approximate surface area is 104 Å². The van der Waals surface area contributed by atoms with Gasteiger partial charge in [0.15, 0.2) is 0 Å². The minimum absolute atomic E-state index is 0.0114. The second-order valence-corrected chi connectivity index (χ2v) is 4.84. The van der Waals surface area contributed by atoms with Crippen LogP contribution in [0.4, 0.5) is 0 Å². The topological polar surface area (TPSA) is 58.6 Å². The molecule has 0 saturated heterocycles. The molecule has 4 heteroatoms. The van der Waals surface area contributed by atoms with Crippen molar-refractivity contribution in [3.63, 3.8) is 0 Å². The monoisotopic (exact) mass is 243 g/mol. The molecular formula is C13H25NO3. The molecule has 17 heavy (non-hydrogen) atoms. The molecule has 0 aromatic heterocycles. The Kier molecular flexibility index (Phi) is 7.21. The molecule has 1 rings (SSSR count). The highest BCUT2D eigenvalue weighted by Gasteiger charge is 2.21. The van der Waals surface area contributed by atoms with Crippen LogP contribution in [-0.2, 0) is 9.53 Å². The third kappa shape index (κ3) is 6.03. The van der Waals surface area contributed by atoms with E-state index < -0.39 is 0 Å². The van der Waals surface area contributed by atoms with Gasteiger partial charge in [0.05, 0.1) is 6.10 Å². The van der Waals surface area contributed by atoms with Crippen LogP contribution in [0.2, 0.25) is 0 Å². The van der Waals surface area contributed by atoms with Gasteiger partial charge in [-0.2, -0.15) is 0 Å². The molecule has 0 spiro atoms. The van der Waals surface area contributed by atoms with Crippen molar-refractivity contribution in [1.82, 2.24) is 5.32 Å². The summed E-state index contributed by atoms with van der Waals surface area (Å²) in [5, 5.41) is 11.9. The number of aliphatic hydroxyl groups excluding tert-OH is 1. The first-order chi connectivity index (χ1) is 8.26. The predicted molar refractivity (Wildman–Crippen MR) is 66.7 cm³/mol. The summed E-state index contributed by atoms with van der Waals surface area (Å²) in [7, 11) is 0. The van der Waals surface area contributed by atoms with Crippen LogP contribution in [0, 0.1) is 5.92 Å². The molecule has 0 aromatic rings. The Balaban J connectivity index is 2.04. The van der Waals surface area contributed by atoms with E-state index in [0.29, 0.717) is 5.92 Å². The average molecular weight is 243 g/mol. The summed E-state index contributed by atoms with van der Waals surface area (Å²) >= 11 is 0. The lowest BCUT2D eigenvalue weighted by Gasteiger charge is -2.27. The second kappa shape index (κ2) is 8.48. The van der Waals surface area contributed by atoms with E-state index in [1.165, 1.54) is 0 Å². The third-order valence-corrected chi connectivity index (χ3v) is 3.35. The number of carbonyl (C=O) groups is 1. The number of nitrogens with one attached hydrogen (secondary N) is 1. The van der Waals surface area contributed by atoms with Gasteiger partial charge in [-0.1, -0.05) is 13.3 Å². The Morgan fingerprint density at radius 1 is 1.35 bits per heavy atom. The quantitative estimate of drug-likeness (QED) is 0.666. The maximum Gasteiger partial charge on any atom is 0.246 e. The van der Waals surface area contributed by atoms with E-state index in [-0.39, 0.29) is 25.2 Å². The maximum atomic E-state index is 11.4. The number of aliphatic hydroxyl groups is 1.